The minimum Gasteiger partial charge on any atom is -0.391 e. The first-order chi connectivity index (χ1) is 26.5. The highest BCUT2D eigenvalue weighted by Gasteiger charge is 2.25. The van der Waals surface area contributed by atoms with E-state index in [0.29, 0.717) is 0 Å². The van der Waals surface area contributed by atoms with E-state index in [2.05, 4.69) is 180 Å². The molecule has 0 radical (unpaired) electrons. The average Bonchev–Trinajstić information content (AvgIpc) is 3.17. The highest BCUT2D eigenvalue weighted by Crippen LogP contribution is 2.41. The van der Waals surface area contributed by atoms with Gasteiger partial charge in [0.05, 0.1) is 12.1 Å². The van der Waals surface area contributed by atoms with Gasteiger partial charge in [-0.3, -0.25) is 0 Å². The molecule has 7 rings (SSSR count). The van der Waals surface area contributed by atoms with Crippen molar-refractivity contribution in [2.75, 3.05) is 29.2 Å². The molecule has 1 fully saturated rings. The van der Waals surface area contributed by atoms with E-state index in [-0.39, 0.29) is 18.1 Å². The summed E-state index contributed by atoms with van der Waals surface area (Å²) in [5.41, 5.74) is 17.4. The second kappa shape index (κ2) is 17.2. The summed E-state index contributed by atoms with van der Waals surface area (Å²) >= 11 is 0. The molecule has 0 aromatic heterocycles. The number of benzene rings is 6. The number of nitrogens with one attached hydrogen (secondary N) is 1. The first kappa shape index (κ1) is 39.6. The van der Waals surface area contributed by atoms with Crippen LogP contribution in [0.4, 0.5) is 28.4 Å². The molecular weight excluding hydrogens is 671 g/mol. The average molecular weight is 732 g/mol. The largest absolute Gasteiger partial charge is 0.391 e. The summed E-state index contributed by atoms with van der Waals surface area (Å²) in [6.07, 6.45) is 3.78. The molecule has 4 heteroatoms. The summed E-state index contributed by atoms with van der Waals surface area (Å²) < 4.78 is 0. The van der Waals surface area contributed by atoms with Gasteiger partial charge in [0.25, 0.3) is 0 Å². The Bertz CT molecular complexity index is 2080. The highest BCUT2D eigenvalue weighted by atomic mass is 16.3. The zero-order valence-corrected chi connectivity index (χ0v) is 34.8. The van der Waals surface area contributed by atoms with Crippen molar-refractivity contribution in [2.45, 2.75) is 99.1 Å². The summed E-state index contributed by atoms with van der Waals surface area (Å²) in [5, 5.41) is 17.0. The monoisotopic (exact) mass is 731 g/mol. The number of rotatable bonds is 9. The van der Waals surface area contributed by atoms with Crippen LogP contribution in [0, 0.1) is 41.5 Å². The van der Waals surface area contributed by atoms with Gasteiger partial charge in [-0.05, 0) is 129 Å². The Balaban J connectivity index is 0.00000253. The second-order valence-electron chi connectivity index (χ2n) is 15.6. The topological polar surface area (TPSA) is 38.7 Å². The van der Waals surface area contributed by atoms with Gasteiger partial charge in [-0.15, -0.1) is 0 Å². The van der Waals surface area contributed by atoms with Gasteiger partial charge in [0, 0.05) is 53.8 Å². The number of fused-ring (bicyclic) bond motifs is 1. The highest BCUT2D eigenvalue weighted by molar-refractivity contribution is 5.97. The number of aryl methyl sites for hydroxylation is 6. The second-order valence-corrected chi connectivity index (χ2v) is 15.6. The number of anilines is 5. The molecule has 2 N–H and O–H groups in total. The lowest BCUT2D eigenvalue weighted by molar-refractivity contribution is 0.116. The van der Waals surface area contributed by atoms with Crippen LogP contribution < -0.4 is 15.1 Å². The van der Waals surface area contributed by atoms with Crippen molar-refractivity contribution in [2.24, 2.45) is 0 Å². The fourth-order valence-corrected chi connectivity index (χ4v) is 9.17. The molecule has 0 aliphatic heterocycles. The molecular formula is C51H61N3O. The molecule has 1 saturated carbocycles. The van der Waals surface area contributed by atoms with Crippen molar-refractivity contribution < 1.29 is 5.11 Å². The Hall–Kier alpha value is -5.06. The maximum absolute atomic E-state index is 10.8. The molecule has 0 bridgehead atoms. The molecule has 4 nitrogen and oxygen atoms in total. The minimum absolute atomic E-state index is 0.0126. The Morgan fingerprint density at radius 1 is 0.564 bits per heavy atom. The van der Waals surface area contributed by atoms with Gasteiger partial charge >= 0.3 is 0 Å². The molecule has 1 aliphatic rings. The number of hydrogen-bond acceptors (Lipinski definition) is 4. The molecule has 0 spiro atoms. The summed E-state index contributed by atoms with van der Waals surface area (Å²) in [6, 6.07) is 40.8. The van der Waals surface area contributed by atoms with Crippen molar-refractivity contribution in [3.05, 3.63) is 159 Å². The van der Waals surface area contributed by atoms with Gasteiger partial charge in [-0.1, -0.05) is 117 Å². The predicted molar refractivity (Wildman–Crippen MR) is 238 cm³/mol. The van der Waals surface area contributed by atoms with Gasteiger partial charge in [0.1, 0.15) is 0 Å². The molecule has 286 valence electrons. The van der Waals surface area contributed by atoms with E-state index in [0.717, 1.165) is 31.4 Å². The fourth-order valence-electron chi connectivity index (χ4n) is 9.17. The van der Waals surface area contributed by atoms with Crippen molar-refractivity contribution in [3.63, 3.8) is 0 Å². The van der Waals surface area contributed by atoms with Gasteiger partial charge in [-0.25, -0.2) is 0 Å². The van der Waals surface area contributed by atoms with Crippen molar-refractivity contribution in [1.29, 1.82) is 0 Å². The lowest BCUT2D eigenvalue weighted by Crippen LogP contribution is -2.36. The van der Waals surface area contributed by atoms with Gasteiger partial charge < -0.3 is 20.2 Å². The van der Waals surface area contributed by atoms with Crippen LogP contribution in [0.15, 0.2) is 109 Å². The first-order valence-corrected chi connectivity index (χ1v) is 20.3. The smallest absolute Gasteiger partial charge is 0.0741 e. The third-order valence-corrected chi connectivity index (χ3v) is 11.5. The van der Waals surface area contributed by atoms with E-state index >= 15 is 0 Å². The molecule has 0 amide bonds. The van der Waals surface area contributed by atoms with Crippen LogP contribution in [0.25, 0.3) is 10.8 Å². The van der Waals surface area contributed by atoms with Gasteiger partial charge in [0.2, 0.25) is 0 Å². The first-order valence-electron chi connectivity index (χ1n) is 20.3. The molecule has 0 saturated heterocycles. The minimum atomic E-state index is -0.316. The van der Waals surface area contributed by atoms with Crippen LogP contribution >= 0.6 is 0 Å². The van der Waals surface area contributed by atoms with Crippen molar-refractivity contribution in [3.8, 4) is 0 Å². The van der Waals surface area contributed by atoms with E-state index in [9.17, 15) is 5.11 Å². The summed E-state index contributed by atoms with van der Waals surface area (Å²) in [6.45, 7) is 17.2. The molecule has 0 heterocycles. The number of nitrogens with zero attached hydrogens (tertiary/aromatic N) is 2. The van der Waals surface area contributed by atoms with E-state index in [1.165, 1.54) is 83.6 Å². The Morgan fingerprint density at radius 3 is 1.45 bits per heavy atom. The van der Waals surface area contributed by atoms with E-state index < -0.39 is 0 Å². The Kier molecular flexibility index (Phi) is 12.4. The standard InChI is InChI=1S/C49H55N3O.C2H6/c1-31-27-33(3)48(34(4)28-31)51(7)39-21-17-37(18-22-39)47(38-19-23-40(24-20-38)52(8)49-35(5)29-32(2)30-36(49)6)43-25-26-44(42-14-10-9-13-41(42)43)50-45-15-11-12-16-46(45)53;1-2/h9-10,13-14,17-30,45-47,50,53H,11-12,15-16H2,1-8H3;1-2H3. The van der Waals surface area contributed by atoms with Gasteiger partial charge in [-0.2, -0.15) is 0 Å². The zero-order valence-electron chi connectivity index (χ0n) is 34.8. The molecule has 55 heavy (non-hydrogen) atoms. The van der Waals surface area contributed by atoms with Crippen molar-refractivity contribution >= 4 is 39.2 Å². The van der Waals surface area contributed by atoms with Crippen molar-refractivity contribution in [1.82, 2.24) is 0 Å². The molecule has 2 unspecified atom stereocenters. The fraction of sp³-hybridized carbons (Fsp3) is 0.333. The van der Waals surface area contributed by atoms with Crippen LogP contribution in [0.3, 0.4) is 0 Å². The van der Waals surface area contributed by atoms with E-state index in [1.54, 1.807) is 0 Å². The molecule has 1 aliphatic carbocycles. The lowest BCUT2D eigenvalue weighted by atomic mass is 9.82. The van der Waals surface area contributed by atoms with E-state index in [1.807, 2.05) is 13.8 Å². The summed E-state index contributed by atoms with van der Waals surface area (Å²) in [5.74, 6) is 0.0126. The van der Waals surface area contributed by atoms with Crippen LogP contribution in [0.5, 0.6) is 0 Å². The van der Waals surface area contributed by atoms with Gasteiger partial charge in [0.15, 0.2) is 0 Å². The number of aliphatic hydroxyl groups excluding tert-OH is 1. The van der Waals surface area contributed by atoms with Crippen LogP contribution in [0.2, 0.25) is 0 Å². The van der Waals surface area contributed by atoms with Crippen LogP contribution in [0.1, 0.15) is 95.5 Å². The number of aliphatic hydroxyl groups is 1. The van der Waals surface area contributed by atoms with Crippen LogP contribution in [-0.2, 0) is 0 Å². The maximum Gasteiger partial charge on any atom is 0.0741 e. The van der Waals surface area contributed by atoms with E-state index in [4.69, 9.17) is 0 Å². The molecule has 6 aromatic rings. The third kappa shape index (κ3) is 8.31. The van der Waals surface area contributed by atoms with Crippen LogP contribution in [-0.4, -0.2) is 31.3 Å². The lowest BCUT2D eigenvalue weighted by Gasteiger charge is -2.30. The maximum atomic E-state index is 10.8. The Labute approximate surface area is 330 Å². The third-order valence-electron chi connectivity index (χ3n) is 11.5. The summed E-state index contributed by atoms with van der Waals surface area (Å²) in [7, 11) is 4.35. The SMILES string of the molecule is CC.Cc1cc(C)c(N(C)c2ccc(C(c3ccc(N(C)c4c(C)cc(C)cc4C)cc3)c3ccc(NC4CCCCC4O)c4ccccc34)cc2)c(C)c1. The zero-order chi connectivity index (χ0) is 39.4. The number of hydrogen-bond donors (Lipinski definition) is 2. The Morgan fingerprint density at radius 2 is 1.00 bits per heavy atom. The molecule has 6 aromatic carbocycles. The summed E-state index contributed by atoms with van der Waals surface area (Å²) in [4.78, 5) is 4.64. The quantitative estimate of drug-likeness (QED) is 0.145. The predicted octanol–water partition coefficient (Wildman–Crippen LogP) is 13.1. The normalized spacial score (nSPS) is 15.4. The molecule has 2 atom stereocenters.